The molecule has 1 heterocycles. The quantitative estimate of drug-likeness (QED) is 0.796. The largest absolute Gasteiger partial charge is 0.399 e. The second-order valence-corrected chi connectivity index (χ2v) is 4.83. The van der Waals surface area contributed by atoms with Gasteiger partial charge in [0.2, 0.25) is 11.7 Å². The normalized spacial score (nSPS) is 12.5. The van der Waals surface area contributed by atoms with Crippen LogP contribution in [-0.2, 0) is 0 Å². The summed E-state index contributed by atoms with van der Waals surface area (Å²) < 4.78 is 5.41. The third-order valence-electron chi connectivity index (χ3n) is 3.36. The average molecular weight is 259 g/mol. The van der Waals surface area contributed by atoms with E-state index >= 15 is 0 Å². The highest BCUT2D eigenvalue weighted by Crippen LogP contribution is 2.26. The molecule has 4 heteroatoms. The first kappa shape index (κ1) is 13.6. The number of unbranched alkanes of at least 4 members (excludes halogenated alkanes) is 1. The molecule has 1 aromatic carbocycles. The Morgan fingerprint density at radius 1 is 1.21 bits per heavy atom. The third-order valence-corrected chi connectivity index (χ3v) is 3.36. The predicted octanol–water partition coefficient (Wildman–Crippen LogP) is 4.00. The van der Waals surface area contributed by atoms with Crippen molar-refractivity contribution in [3.63, 3.8) is 0 Å². The SMILES string of the molecule is CCCCC(CC)c1nc(-c2ccc(N)cc2)no1. The molecule has 2 rings (SSSR count). The van der Waals surface area contributed by atoms with Crippen LogP contribution in [0, 0.1) is 0 Å². The molecule has 1 atom stereocenters. The molecule has 0 bridgehead atoms. The first-order chi connectivity index (χ1) is 9.24. The molecule has 0 saturated carbocycles. The molecule has 0 aliphatic rings. The Balaban J connectivity index is 2.15. The molecule has 102 valence electrons. The van der Waals surface area contributed by atoms with E-state index in [9.17, 15) is 0 Å². The smallest absolute Gasteiger partial charge is 0.230 e. The summed E-state index contributed by atoms with van der Waals surface area (Å²) in [5.41, 5.74) is 7.35. The summed E-state index contributed by atoms with van der Waals surface area (Å²) in [5.74, 6) is 1.77. The summed E-state index contributed by atoms with van der Waals surface area (Å²) in [7, 11) is 0. The van der Waals surface area contributed by atoms with Crippen molar-refractivity contribution in [1.29, 1.82) is 0 Å². The van der Waals surface area contributed by atoms with Crippen molar-refractivity contribution in [2.75, 3.05) is 5.73 Å². The topological polar surface area (TPSA) is 64.9 Å². The van der Waals surface area contributed by atoms with E-state index in [4.69, 9.17) is 10.3 Å². The van der Waals surface area contributed by atoms with Crippen LogP contribution < -0.4 is 5.73 Å². The van der Waals surface area contributed by atoms with Gasteiger partial charge in [-0.05, 0) is 37.1 Å². The molecule has 1 unspecified atom stereocenters. The predicted molar refractivity (Wildman–Crippen MR) is 76.7 cm³/mol. The minimum absolute atomic E-state index is 0.370. The molecular weight excluding hydrogens is 238 g/mol. The van der Waals surface area contributed by atoms with Crippen molar-refractivity contribution in [3.05, 3.63) is 30.2 Å². The maximum atomic E-state index is 5.67. The van der Waals surface area contributed by atoms with Crippen molar-refractivity contribution < 1.29 is 4.52 Å². The van der Waals surface area contributed by atoms with Crippen LogP contribution in [0.2, 0.25) is 0 Å². The monoisotopic (exact) mass is 259 g/mol. The zero-order valence-corrected chi connectivity index (χ0v) is 11.6. The molecule has 0 saturated heterocycles. The maximum Gasteiger partial charge on any atom is 0.230 e. The Morgan fingerprint density at radius 2 is 1.95 bits per heavy atom. The zero-order chi connectivity index (χ0) is 13.7. The van der Waals surface area contributed by atoms with Gasteiger partial charge >= 0.3 is 0 Å². The Labute approximate surface area is 114 Å². The Bertz CT molecular complexity index is 504. The average Bonchev–Trinajstić information content (AvgIpc) is 2.90. The lowest BCUT2D eigenvalue weighted by atomic mass is 9.99. The zero-order valence-electron chi connectivity index (χ0n) is 11.6. The molecule has 0 amide bonds. The molecule has 19 heavy (non-hydrogen) atoms. The molecular formula is C15H21N3O. The molecule has 0 spiro atoms. The Morgan fingerprint density at radius 3 is 2.58 bits per heavy atom. The van der Waals surface area contributed by atoms with Crippen molar-refractivity contribution in [2.24, 2.45) is 0 Å². The fraction of sp³-hybridized carbons (Fsp3) is 0.467. The van der Waals surface area contributed by atoms with Crippen LogP contribution in [0.1, 0.15) is 51.3 Å². The first-order valence-electron chi connectivity index (χ1n) is 6.94. The van der Waals surface area contributed by atoms with Gasteiger partial charge in [0.1, 0.15) is 0 Å². The summed E-state index contributed by atoms with van der Waals surface area (Å²) in [6.07, 6.45) is 4.52. The minimum atomic E-state index is 0.370. The van der Waals surface area contributed by atoms with E-state index in [0.717, 1.165) is 30.0 Å². The van der Waals surface area contributed by atoms with Gasteiger partial charge in [0.25, 0.3) is 0 Å². The van der Waals surface area contributed by atoms with Crippen LogP contribution in [0.5, 0.6) is 0 Å². The van der Waals surface area contributed by atoms with E-state index in [2.05, 4.69) is 24.0 Å². The molecule has 0 radical (unpaired) electrons. The van der Waals surface area contributed by atoms with Gasteiger partial charge in [0.15, 0.2) is 0 Å². The summed E-state index contributed by atoms with van der Waals surface area (Å²) in [4.78, 5) is 4.52. The lowest BCUT2D eigenvalue weighted by Crippen LogP contribution is -1.97. The molecule has 0 fully saturated rings. The first-order valence-corrected chi connectivity index (χ1v) is 6.94. The molecule has 0 aliphatic carbocycles. The number of rotatable bonds is 6. The highest BCUT2D eigenvalue weighted by molar-refractivity contribution is 5.58. The number of aromatic nitrogens is 2. The van der Waals surface area contributed by atoms with E-state index in [0.29, 0.717) is 11.7 Å². The lowest BCUT2D eigenvalue weighted by Gasteiger charge is -2.07. The second-order valence-electron chi connectivity index (χ2n) is 4.83. The van der Waals surface area contributed by atoms with Crippen molar-refractivity contribution >= 4 is 5.69 Å². The summed E-state index contributed by atoms with van der Waals surface area (Å²) in [5, 5.41) is 4.07. The highest BCUT2D eigenvalue weighted by Gasteiger charge is 2.17. The Hall–Kier alpha value is -1.84. The van der Waals surface area contributed by atoms with Crippen LogP contribution in [-0.4, -0.2) is 10.1 Å². The minimum Gasteiger partial charge on any atom is -0.399 e. The van der Waals surface area contributed by atoms with Gasteiger partial charge in [-0.3, -0.25) is 0 Å². The van der Waals surface area contributed by atoms with E-state index in [1.165, 1.54) is 12.8 Å². The fourth-order valence-corrected chi connectivity index (χ4v) is 2.10. The number of anilines is 1. The van der Waals surface area contributed by atoms with Crippen LogP contribution in [0.25, 0.3) is 11.4 Å². The van der Waals surface area contributed by atoms with Crippen LogP contribution in [0.4, 0.5) is 5.69 Å². The van der Waals surface area contributed by atoms with Gasteiger partial charge in [-0.25, -0.2) is 0 Å². The van der Waals surface area contributed by atoms with Gasteiger partial charge in [-0.15, -0.1) is 0 Å². The van der Waals surface area contributed by atoms with E-state index < -0.39 is 0 Å². The van der Waals surface area contributed by atoms with Crippen LogP contribution in [0.3, 0.4) is 0 Å². The van der Waals surface area contributed by atoms with Crippen molar-refractivity contribution in [2.45, 2.75) is 45.4 Å². The van der Waals surface area contributed by atoms with Gasteiger partial charge in [0, 0.05) is 17.2 Å². The summed E-state index contributed by atoms with van der Waals surface area (Å²) in [6.45, 7) is 4.35. The van der Waals surface area contributed by atoms with Crippen LogP contribution in [0.15, 0.2) is 28.8 Å². The van der Waals surface area contributed by atoms with E-state index in [-0.39, 0.29) is 0 Å². The van der Waals surface area contributed by atoms with Crippen molar-refractivity contribution in [1.82, 2.24) is 10.1 Å². The fourth-order valence-electron chi connectivity index (χ4n) is 2.10. The van der Waals surface area contributed by atoms with Gasteiger partial charge in [0.05, 0.1) is 0 Å². The lowest BCUT2D eigenvalue weighted by molar-refractivity contribution is 0.340. The van der Waals surface area contributed by atoms with Gasteiger partial charge < -0.3 is 10.3 Å². The van der Waals surface area contributed by atoms with Crippen molar-refractivity contribution in [3.8, 4) is 11.4 Å². The number of hydrogen-bond donors (Lipinski definition) is 1. The highest BCUT2D eigenvalue weighted by atomic mass is 16.5. The molecule has 1 aromatic heterocycles. The number of nitrogens with zero attached hydrogens (tertiary/aromatic N) is 2. The molecule has 4 nitrogen and oxygen atoms in total. The molecule has 2 N–H and O–H groups in total. The van der Waals surface area contributed by atoms with Gasteiger partial charge in [-0.2, -0.15) is 4.98 Å². The van der Waals surface area contributed by atoms with E-state index in [1.54, 1.807) is 0 Å². The number of benzene rings is 1. The van der Waals surface area contributed by atoms with Gasteiger partial charge in [-0.1, -0.05) is 31.8 Å². The maximum absolute atomic E-state index is 5.67. The number of hydrogen-bond acceptors (Lipinski definition) is 4. The number of nitrogens with two attached hydrogens (primary N) is 1. The second kappa shape index (κ2) is 6.36. The van der Waals surface area contributed by atoms with Crippen LogP contribution >= 0.6 is 0 Å². The standard InChI is InChI=1S/C15H21N3O/c1-3-5-6-11(4-2)15-17-14(18-19-15)12-7-9-13(16)10-8-12/h7-11H,3-6,16H2,1-2H3. The molecule has 0 aliphatic heterocycles. The Kier molecular flexibility index (Phi) is 4.55. The van der Waals surface area contributed by atoms with E-state index in [1.807, 2.05) is 24.3 Å². The summed E-state index contributed by atoms with van der Waals surface area (Å²) >= 11 is 0. The molecule has 2 aromatic rings. The third kappa shape index (κ3) is 3.34. The number of nitrogen functional groups attached to an aromatic ring is 1. The summed E-state index contributed by atoms with van der Waals surface area (Å²) in [6, 6.07) is 7.52.